The van der Waals surface area contributed by atoms with Crippen LogP contribution in [0, 0.1) is 6.92 Å². The largest absolute Gasteiger partial charge is 0.497 e. The van der Waals surface area contributed by atoms with Crippen LogP contribution in [-0.4, -0.2) is 38.7 Å². The number of carbonyl (C=O) groups excluding carboxylic acids is 1. The van der Waals surface area contributed by atoms with Crippen LogP contribution in [0.4, 0.5) is 5.95 Å². The number of rotatable bonds is 5. The fourth-order valence-corrected chi connectivity index (χ4v) is 2.10. The monoisotopic (exact) mass is 327 g/mol. The molecule has 0 aliphatic rings. The van der Waals surface area contributed by atoms with E-state index in [2.05, 4.69) is 20.5 Å². The van der Waals surface area contributed by atoms with Crippen molar-refractivity contribution in [2.24, 2.45) is 0 Å². The van der Waals surface area contributed by atoms with Gasteiger partial charge in [0.25, 0.3) is 11.7 Å². The minimum absolute atomic E-state index is 0.295. The lowest BCUT2D eigenvalue weighted by molar-refractivity contribution is -0.122. The molecule has 0 aliphatic heterocycles. The van der Waals surface area contributed by atoms with Gasteiger partial charge in [-0.1, -0.05) is 6.07 Å². The second-order valence-electron chi connectivity index (χ2n) is 5.19. The summed E-state index contributed by atoms with van der Waals surface area (Å²) in [7, 11) is 1.57. The summed E-state index contributed by atoms with van der Waals surface area (Å²) in [4.78, 5) is 16.5. The molecule has 2 aromatic heterocycles. The molecule has 1 aromatic carbocycles. The Morgan fingerprint density at radius 2 is 2.04 bits per heavy atom. The third-order valence-corrected chi connectivity index (χ3v) is 3.38. The van der Waals surface area contributed by atoms with E-state index in [1.807, 2.05) is 13.0 Å². The molecule has 8 heteroatoms. The van der Waals surface area contributed by atoms with E-state index in [4.69, 9.17) is 9.47 Å². The number of benzene rings is 1. The Hall–Kier alpha value is -3.16. The zero-order valence-electron chi connectivity index (χ0n) is 13.6. The summed E-state index contributed by atoms with van der Waals surface area (Å²) in [5.74, 6) is 1.58. The van der Waals surface area contributed by atoms with Gasteiger partial charge in [0.1, 0.15) is 11.5 Å². The van der Waals surface area contributed by atoms with Gasteiger partial charge in [-0.2, -0.15) is 0 Å². The zero-order valence-corrected chi connectivity index (χ0v) is 13.6. The molecule has 8 nitrogen and oxygen atoms in total. The van der Waals surface area contributed by atoms with Crippen LogP contribution in [0.1, 0.15) is 12.6 Å². The lowest BCUT2D eigenvalue weighted by Gasteiger charge is -2.14. The number of nitrogens with zero attached hydrogens (tertiary/aromatic N) is 4. The van der Waals surface area contributed by atoms with E-state index in [0.29, 0.717) is 23.2 Å². The fraction of sp³-hybridized carbons (Fsp3) is 0.250. The van der Waals surface area contributed by atoms with Gasteiger partial charge < -0.3 is 9.47 Å². The van der Waals surface area contributed by atoms with E-state index in [1.165, 1.54) is 0 Å². The highest BCUT2D eigenvalue weighted by atomic mass is 16.5. The van der Waals surface area contributed by atoms with Gasteiger partial charge in [-0.3, -0.25) is 14.5 Å². The van der Waals surface area contributed by atoms with Crippen molar-refractivity contribution in [1.29, 1.82) is 0 Å². The number of carbonyl (C=O) groups is 1. The Balaban J connectivity index is 1.71. The SMILES string of the molecule is COc1cccc(OC(C)C(=O)Nc2nnc3nc(C)ccn23)c1. The van der Waals surface area contributed by atoms with Gasteiger partial charge in [0.05, 0.1) is 7.11 Å². The van der Waals surface area contributed by atoms with E-state index in [9.17, 15) is 4.79 Å². The molecular weight excluding hydrogens is 310 g/mol. The van der Waals surface area contributed by atoms with Gasteiger partial charge in [0.2, 0.25) is 5.95 Å². The van der Waals surface area contributed by atoms with Gasteiger partial charge in [-0.05, 0) is 32.0 Å². The molecule has 0 saturated heterocycles. The van der Waals surface area contributed by atoms with Crippen molar-refractivity contribution in [1.82, 2.24) is 19.6 Å². The second kappa shape index (κ2) is 6.53. The molecule has 24 heavy (non-hydrogen) atoms. The molecule has 1 amide bonds. The lowest BCUT2D eigenvalue weighted by Crippen LogP contribution is -2.30. The third kappa shape index (κ3) is 3.27. The molecule has 2 heterocycles. The van der Waals surface area contributed by atoms with Crippen LogP contribution in [0.2, 0.25) is 0 Å². The first kappa shape index (κ1) is 15.7. The van der Waals surface area contributed by atoms with E-state index in [0.717, 1.165) is 5.69 Å². The minimum Gasteiger partial charge on any atom is -0.497 e. The average molecular weight is 327 g/mol. The topological polar surface area (TPSA) is 90.6 Å². The number of fused-ring (bicyclic) bond motifs is 1. The number of methoxy groups -OCH3 is 1. The number of ether oxygens (including phenoxy) is 2. The Bertz CT molecular complexity index is 877. The first-order valence-corrected chi connectivity index (χ1v) is 7.37. The lowest BCUT2D eigenvalue weighted by atomic mass is 10.3. The van der Waals surface area contributed by atoms with Crippen molar-refractivity contribution in [3.05, 3.63) is 42.2 Å². The smallest absolute Gasteiger partial charge is 0.267 e. The molecule has 0 spiro atoms. The molecule has 1 unspecified atom stereocenters. The molecule has 0 fully saturated rings. The molecule has 0 saturated carbocycles. The van der Waals surface area contributed by atoms with Crippen LogP contribution >= 0.6 is 0 Å². The predicted molar refractivity (Wildman–Crippen MR) is 87.2 cm³/mol. The highest BCUT2D eigenvalue weighted by molar-refractivity contribution is 5.92. The normalized spacial score (nSPS) is 12.0. The Kier molecular flexibility index (Phi) is 4.28. The number of aryl methyl sites for hydroxylation is 1. The van der Waals surface area contributed by atoms with Crippen molar-refractivity contribution in [3.63, 3.8) is 0 Å². The first-order valence-electron chi connectivity index (χ1n) is 7.37. The molecule has 0 radical (unpaired) electrons. The summed E-state index contributed by atoms with van der Waals surface area (Å²) >= 11 is 0. The summed E-state index contributed by atoms with van der Waals surface area (Å²) < 4.78 is 12.4. The number of hydrogen-bond acceptors (Lipinski definition) is 6. The van der Waals surface area contributed by atoms with Crippen LogP contribution in [0.3, 0.4) is 0 Å². The maximum atomic E-state index is 12.3. The maximum Gasteiger partial charge on any atom is 0.267 e. The van der Waals surface area contributed by atoms with Crippen molar-refractivity contribution < 1.29 is 14.3 Å². The maximum absolute atomic E-state index is 12.3. The van der Waals surface area contributed by atoms with E-state index in [1.54, 1.807) is 48.9 Å². The van der Waals surface area contributed by atoms with Gasteiger partial charge in [0, 0.05) is 18.0 Å². The number of anilines is 1. The highest BCUT2D eigenvalue weighted by Crippen LogP contribution is 2.20. The molecule has 1 atom stereocenters. The molecule has 1 N–H and O–H groups in total. The van der Waals surface area contributed by atoms with Crippen LogP contribution in [0.5, 0.6) is 11.5 Å². The number of amides is 1. The van der Waals surface area contributed by atoms with Crippen molar-refractivity contribution >= 4 is 17.6 Å². The zero-order chi connectivity index (χ0) is 17.1. The summed E-state index contributed by atoms with van der Waals surface area (Å²) in [6, 6.07) is 8.87. The molecular formula is C16H17N5O3. The molecule has 0 aliphatic carbocycles. The fourth-order valence-electron chi connectivity index (χ4n) is 2.10. The van der Waals surface area contributed by atoms with Gasteiger partial charge in [-0.15, -0.1) is 10.2 Å². The number of nitrogens with one attached hydrogen (secondary N) is 1. The van der Waals surface area contributed by atoms with Gasteiger partial charge in [-0.25, -0.2) is 4.98 Å². The van der Waals surface area contributed by atoms with Crippen LogP contribution in [0.15, 0.2) is 36.5 Å². The van der Waals surface area contributed by atoms with E-state index >= 15 is 0 Å². The van der Waals surface area contributed by atoms with Gasteiger partial charge >= 0.3 is 0 Å². The number of hydrogen-bond donors (Lipinski definition) is 1. The predicted octanol–water partition coefficient (Wildman–Crippen LogP) is 1.85. The Labute approximate surface area is 138 Å². The van der Waals surface area contributed by atoms with Crippen molar-refractivity contribution in [3.8, 4) is 11.5 Å². The van der Waals surface area contributed by atoms with Crippen molar-refractivity contribution in [2.45, 2.75) is 20.0 Å². The van der Waals surface area contributed by atoms with Gasteiger partial charge in [0.15, 0.2) is 6.10 Å². The van der Waals surface area contributed by atoms with E-state index in [-0.39, 0.29) is 5.91 Å². The Morgan fingerprint density at radius 3 is 2.83 bits per heavy atom. The second-order valence-corrected chi connectivity index (χ2v) is 5.19. The van der Waals surface area contributed by atoms with Crippen LogP contribution in [-0.2, 0) is 4.79 Å². The molecule has 3 aromatic rings. The first-order chi connectivity index (χ1) is 11.6. The van der Waals surface area contributed by atoms with Crippen LogP contribution < -0.4 is 14.8 Å². The van der Waals surface area contributed by atoms with Crippen molar-refractivity contribution in [2.75, 3.05) is 12.4 Å². The summed E-state index contributed by atoms with van der Waals surface area (Å²) in [5.41, 5.74) is 0.822. The molecule has 124 valence electrons. The summed E-state index contributed by atoms with van der Waals surface area (Å²) in [6.45, 7) is 3.51. The van der Waals surface area contributed by atoms with Crippen LogP contribution in [0.25, 0.3) is 5.78 Å². The summed E-state index contributed by atoms with van der Waals surface area (Å²) in [5, 5.41) is 10.6. The quantitative estimate of drug-likeness (QED) is 0.769. The third-order valence-electron chi connectivity index (χ3n) is 3.38. The average Bonchev–Trinajstić information content (AvgIpc) is 2.96. The summed E-state index contributed by atoms with van der Waals surface area (Å²) in [6.07, 6.45) is 1.03. The highest BCUT2D eigenvalue weighted by Gasteiger charge is 2.18. The Morgan fingerprint density at radius 1 is 1.25 bits per heavy atom. The standard InChI is InChI=1S/C16H17N5O3/c1-10-7-8-21-15(17-10)19-20-16(21)18-14(22)11(2)24-13-6-4-5-12(9-13)23-3/h4-9,11H,1-3H3,(H,18,20,22). The number of aromatic nitrogens is 4. The molecule has 0 bridgehead atoms. The van der Waals surface area contributed by atoms with E-state index < -0.39 is 6.10 Å². The molecule has 3 rings (SSSR count). The minimum atomic E-state index is -0.720.